The summed E-state index contributed by atoms with van der Waals surface area (Å²) in [4.78, 5) is 18.2. The lowest BCUT2D eigenvalue weighted by molar-refractivity contribution is -0.121. The molecule has 1 atom stereocenters. The van der Waals surface area contributed by atoms with Crippen LogP contribution < -0.4 is 20.3 Å². The Labute approximate surface area is 162 Å². The molecule has 0 aliphatic carbocycles. The second-order valence-corrected chi connectivity index (χ2v) is 7.63. The second kappa shape index (κ2) is 9.60. The first-order chi connectivity index (χ1) is 12.9. The third-order valence-corrected chi connectivity index (χ3v) is 4.59. The molecule has 7 nitrogen and oxygen atoms in total. The third kappa shape index (κ3) is 5.85. The SMILES string of the molecule is CN=C(NCCCN1C(=O)COc2ccccc21)NCC(OC)C(C)(C)C. The molecule has 2 rings (SSSR count). The molecule has 0 saturated carbocycles. The number of carbonyl (C=O) groups is 1. The summed E-state index contributed by atoms with van der Waals surface area (Å²) in [6, 6.07) is 7.63. The summed E-state index contributed by atoms with van der Waals surface area (Å²) in [7, 11) is 3.47. The maximum Gasteiger partial charge on any atom is 0.265 e. The van der Waals surface area contributed by atoms with Crippen molar-refractivity contribution >= 4 is 17.6 Å². The Morgan fingerprint density at radius 3 is 2.74 bits per heavy atom. The number of ether oxygens (including phenoxy) is 2. The van der Waals surface area contributed by atoms with Gasteiger partial charge in [-0.1, -0.05) is 32.9 Å². The van der Waals surface area contributed by atoms with E-state index in [9.17, 15) is 4.79 Å². The number of guanidine groups is 1. The van der Waals surface area contributed by atoms with Crippen molar-refractivity contribution in [2.45, 2.75) is 33.3 Å². The maximum atomic E-state index is 12.2. The standard InChI is InChI=1S/C20H32N4O3/c1-20(2,3)17(26-5)13-23-19(21-4)22-11-8-12-24-15-9-6-7-10-16(15)27-14-18(24)25/h6-7,9-10,17H,8,11-14H2,1-5H3,(H2,21,22,23). The number of benzene rings is 1. The zero-order valence-electron chi connectivity index (χ0n) is 17.0. The molecular formula is C20H32N4O3. The predicted octanol–water partition coefficient (Wildman–Crippen LogP) is 2.03. The number of hydrogen-bond donors (Lipinski definition) is 2. The highest BCUT2D eigenvalue weighted by molar-refractivity contribution is 5.97. The van der Waals surface area contributed by atoms with E-state index in [-0.39, 0.29) is 24.0 Å². The molecule has 7 heteroatoms. The lowest BCUT2D eigenvalue weighted by Crippen LogP contribution is -2.46. The summed E-state index contributed by atoms with van der Waals surface area (Å²) in [5.41, 5.74) is 0.884. The molecule has 0 bridgehead atoms. The van der Waals surface area contributed by atoms with E-state index in [0.29, 0.717) is 19.6 Å². The highest BCUT2D eigenvalue weighted by atomic mass is 16.5. The van der Waals surface area contributed by atoms with E-state index in [1.807, 2.05) is 24.3 Å². The molecule has 150 valence electrons. The number of methoxy groups -OCH3 is 1. The van der Waals surface area contributed by atoms with Gasteiger partial charge in [-0.15, -0.1) is 0 Å². The molecule has 1 heterocycles. The number of nitrogens with one attached hydrogen (secondary N) is 2. The van der Waals surface area contributed by atoms with Gasteiger partial charge >= 0.3 is 0 Å². The fourth-order valence-corrected chi connectivity index (χ4v) is 3.00. The Balaban J connectivity index is 1.79. The Morgan fingerprint density at radius 2 is 2.07 bits per heavy atom. The monoisotopic (exact) mass is 376 g/mol. The number of rotatable bonds is 7. The minimum atomic E-state index is -0.00989. The van der Waals surface area contributed by atoms with Crippen LogP contribution >= 0.6 is 0 Å². The van der Waals surface area contributed by atoms with Crippen LogP contribution in [-0.4, -0.2) is 58.4 Å². The molecular weight excluding hydrogens is 344 g/mol. The Hall–Kier alpha value is -2.28. The minimum Gasteiger partial charge on any atom is -0.482 e. The molecule has 1 amide bonds. The van der Waals surface area contributed by atoms with Crippen molar-refractivity contribution < 1.29 is 14.3 Å². The van der Waals surface area contributed by atoms with Gasteiger partial charge in [-0.3, -0.25) is 9.79 Å². The van der Waals surface area contributed by atoms with Crippen LogP contribution in [0.3, 0.4) is 0 Å². The van der Waals surface area contributed by atoms with Gasteiger partial charge in [0.15, 0.2) is 12.6 Å². The Kier molecular flexibility index (Phi) is 7.47. The van der Waals surface area contributed by atoms with E-state index >= 15 is 0 Å². The largest absolute Gasteiger partial charge is 0.482 e. The molecule has 1 unspecified atom stereocenters. The molecule has 1 aliphatic heterocycles. The zero-order chi connectivity index (χ0) is 19.9. The third-order valence-electron chi connectivity index (χ3n) is 4.59. The number of hydrogen-bond acceptors (Lipinski definition) is 4. The van der Waals surface area contributed by atoms with Crippen LogP contribution in [0, 0.1) is 5.41 Å². The normalized spacial score (nSPS) is 15.8. The number of fused-ring (bicyclic) bond motifs is 1. The van der Waals surface area contributed by atoms with Crippen molar-refractivity contribution in [3.8, 4) is 5.75 Å². The van der Waals surface area contributed by atoms with E-state index in [1.165, 1.54) is 0 Å². The zero-order valence-corrected chi connectivity index (χ0v) is 17.0. The first-order valence-electron chi connectivity index (χ1n) is 9.36. The van der Waals surface area contributed by atoms with Crippen molar-refractivity contribution in [2.24, 2.45) is 10.4 Å². The fraction of sp³-hybridized carbons (Fsp3) is 0.600. The maximum absolute atomic E-state index is 12.2. The lowest BCUT2D eigenvalue weighted by Gasteiger charge is -2.30. The van der Waals surface area contributed by atoms with Crippen LogP contribution in [0.1, 0.15) is 27.2 Å². The predicted molar refractivity (Wildman–Crippen MR) is 109 cm³/mol. The molecule has 0 aromatic heterocycles. The van der Waals surface area contributed by atoms with Crippen molar-refractivity contribution in [3.05, 3.63) is 24.3 Å². The summed E-state index contributed by atoms with van der Waals surface area (Å²) in [6.45, 7) is 8.56. The van der Waals surface area contributed by atoms with E-state index in [2.05, 4.69) is 36.4 Å². The number of amides is 1. The van der Waals surface area contributed by atoms with Crippen LogP contribution in [0.4, 0.5) is 5.69 Å². The smallest absolute Gasteiger partial charge is 0.265 e. The number of nitrogens with zero attached hydrogens (tertiary/aromatic N) is 2. The summed E-state index contributed by atoms with van der Waals surface area (Å²) in [5.74, 6) is 1.48. The number of carbonyl (C=O) groups excluding carboxylic acids is 1. The van der Waals surface area contributed by atoms with E-state index in [0.717, 1.165) is 23.8 Å². The molecule has 0 radical (unpaired) electrons. The first-order valence-corrected chi connectivity index (χ1v) is 9.36. The molecule has 2 N–H and O–H groups in total. The van der Waals surface area contributed by atoms with Gasteiger partial charge in [-0.25, -0.2) is 0 Å². The molecule has 0 spiro atoms. The van der Waals surface area contributed by atoms with Gasteiger partial charge in [-0.2, -0.15) is 0 Å². The summed E-state index contributed by atoms with van der Waals surface area (Å²) in [6.07, 6.45) is 0.881. The fourth-order valence-electron chi connectivity index (χ4n) is 3.00. The van der Waals surface area contributed by atoms with Gasteiger partial charge in [0.05, 0.1) is 11.8 Å². The molecule has 27 heavy (non-hydrogen) atoms. The van der Waals surface area contributed by atoms with Crippen molar-refractivity contribution in [1.29, 1.82) is 0 Å². The molecule has 1 aromatic rings. The highest BCUT2D eigenvalue weighted by Gasteiger charge is 2.25. The summed E-state index contributed by atoms with van der Waals surface area (Å²) in [5, 5.41) is 6.60. The van der Waals surface area contributed by atoms with Gasteiger partial charge in [0.2, 0.25) is 0 Å². The second-order valence-electron chi connectivity index (χ2n) is 7.63. The van der Waals surface area contributed by atoms with Crippen LogP contribution in [0.5, 0.6) is 5.75 Å². The highest BCUT2D eigenvalue weighted by Crippen LogP contribution is 2.31. The quantitative estimate of drug-likeness (QED) is 0.433. The minimum absolute atomic E-state index is 0.00989. The van der Waals surface area contributed by atoms with E-state index in [1.54, 1.807) is 19.1 Å². The Bertz CT molecular complexity index is 655. The summed E-state index contributed by atoms with van der Waals surface area (Å²) < 4.78 is 11.0. The number of aliphatic imine (C=N–C) groups is 1. The van der Waals surface area contributed by atoms with Crippen LogP contribution in [0.25, 0.3) is 0 Å². The molecule has 0 fully saturated rings. The van der Waals surface area contributed by atoms with Gasteiger partial charge in [0.25, 0.3) is 5.91 Å². The first kappa shape index (κ1) is 21.0. The number of anilines is 1. The Morgan fingerprint density at radius 1 is 1.33 bits per heavy atom. The van der Waals surface area contributed by atoms with Gasteiger partial charge in [0, 0.05) is 33.8 Å². The van der Waals surface area contributed by atoms with Gasteiger partial charge < -0.3 is 25.0 Å². The number of para-hydroxylation sites is 2. The van der Waals surface area contributed by atoms with E-state index < -0.39 is 0 Å². The molecule has 0 saturated heterocycles. The van der Waals surface area contributed by atoms with Crippen LogP contribution in [0.2, 0.25) is 0 Å². The van der Waals surface area contributed by atoms with Crippen molar-refractivity contribution in [2.75, 3.05) is 45.3 Å². The average molecular weight is 377 g/mol. The van der Waals surface area contributed by atoms with Crippen LogP contribution in [0.15, 0.2) is 29.3 Å². The van der Waals surface area contributed by atoms with E-state index in [4.69, 9.17) is 9.47 Å². The summed E-state index contributed by atoms with van der Waals surface area (Å²) >= 11 is 0. The van der Waals surface area contributed by atoms with Crippen molar-refractivity contribution in [1.82, 2.24) is 10.6 Å². The average Bonchev–Trinajstić information content (AvgIpc) is 2.64. The van der Waals surface area contributed by atoms with Crippen LogP contribution in [-0.2, 0) is 9.53 Å². The van der Waals surface area contributed by atoms with Gasteiger partial charge in [0.1, 0.15) is 5.75 Å². The van der Waals surface area contributed by atoms with Gasteiger partial charge in [-0.05, 0) is 24.0 Å². The van der Waals surface area contributed by atoms with Crippen molar-refractivity contribution in [3.63, 3.8) is 0 Å². The lowest BCUT2D eigenvalue weighted by atomic mass is 9.89. The molecule has 1 aliphatic rings. The molecule has 1 aromatic carbocycles. The topological polar surface area (TPSA) is 75.2 Å².